The van der Waals surface area contributed by atoms with Crippen molar-refractivity contribution in [3.05, 3.63) is 86.0 Å². The van der Waals surface area contributed by atoms with E-state index in [9.17, 15) is 34.6 Å². The summed E-state index contributed by atoms with van der Waals surface area (Å²) in [6.45, 7) is 1.68. The minimum Gasteiger partial charge on any atom is -0.360 e. The number of nitrogens with zero attached hydrogens (tertiary/aromatic N) is 3. The van der Waals surface area contributed by atoms with Gasteiger partial charge in [0.1, 0.15) is 5.60 Å². The van der Waals surface area contributed by atoms with Gasteiger partial charge in [0.05, 0.1) is 51.6 Å². The molecule has 0 aliphatic carbocycles. The lowest BCUT2D eigenvalue weighted by molar-refractivity contribution is -0.394. The Hall–Kier alpha value is -4.45. The van der Waals surface area contributed by atoms with Crippen LogP contribution in [0.2, 0.25) is 0 Å². The van der Waals surface area contributed by atoms with Gasteiger partial charge in [0.2, 0.25) is 11.8 Å². The van der Waals surface area contributed by atoms with Crippen LogP contribution in [0.1, 0.15) is 15.9 Å². The Morgan fingerprint density at radius 1 is 1.06 bits per heavy atom. The molecule has 2 fully saturated rings. The highest BCUT2D eigenvalue weighted by molar-refractivity contribution is 6.23. The number of carbonyl (C=O) groups is 3. The van der Waals surface area contributed by atoms with Gasteiger partial charge in [0.15, 0.2) is 0 Å². The molecule has 4 unspecified atom stereocenters. The molecule has 12 heteroatoms. The minimum atomic E-state index is -1.29. The van der Waals surface area contributed by atoms with E-state index < -0.39 is 56.6 Å². The molecule has 2 aromatic rings. The largest absolute Gasteiger partial charge is 0.360 e. The number of ether oxygens (including phenoxy) is 1. The summed E-state index contributed by atoms with van der Waals surface area (Å²) >= 11 is 0. The lowest BCUT2D eigenvalue weighted by Crippen LogP contribution is -2.48. The van der Waals surface area contributed by atoms with Crippen LogP contribution in [0.5, 0.6) is 0 Å². The molecular weight excluding hydrogens is 460 g/mol. The maximum Gasteiger partial charge on any atom is 0.277 e. The van der Waals surface area contributed by atoms with E-state index in [1.807, 2.05) is 6.92 Å². The van der Waals surface area contributed by atoms with Gasteiger partial charge in [-0.3, -0.25) is 34.6 Å². The SMILES string of the molecule is Cc1ccc(N2C(=O)C3C4C=CC(CNC(=O)c5cc([N+](=O)[O-])cc([N+](=O)[O-])c5)(O4)C3C2=O)cc1. The second-order valence-corrected chi connectivity index (χ2v) is 8.68. The third-order valence-electron chi connectivity index (χ3n) is 6.56. The van der Waals surface area contributed by atoms with E-state index in [1.165, 1.54) is 0 Å². The molecule has 2 bridgehead atoms. The van der Waals surface area contributed by atoms with Crippen LogP contribution in [0.4, 0.5) is 17.1 Å². The van der Waals surface area contributed by atoms with E-state index in [2.05, 4.69) is 5.32 Å². The molecule has 4 atom stereocenters. The molecule has 0 aromatic heterocycles. The number of nitro groups is 2. The van der Waals surface area contributed by atoms with E-state index >= 15 is 0 Å². The van der Waals surface area contributed by atoms with E-state index in [-0.39, 0.29) is 18.0 Å². The first-order chi connectivity index (χ1) is 16.6. The zero-order valence-corrected chi connectivity index (χ0v) is 18.2. The van der Waals surface area contributed by atoms with Gasteiger partial charge in [-0.2, -0.15) is 0 Å². The molecule has 3 heterocycles. The third kappa shape index (κ3) is 3.46. The number of rotatable bonds is 6. The molecule has 3 aliphatic rings. The summed E-state index contributed by atoms with van der Waals surface area (Å²) in [6.07, 6.45) is 2.68. The van der Waals surface area contributed by atoms with Crippen molar-refractivity contribution >= 4 is 34.8 Å². The predicted octanol–water partition coefficient (Wildman–Crippen LogP) is 2.05. The lowest BCUT2D eigenvalue weighted by Gasteiger charge is -2.29. The Morgan fingerprint density at radius 2 is 1.69 bits per heavy atom. The highest BCUT2D eigenvalue weighted by Gasteiger charge is 2.67. The number of benzene rings is 2. The number of amides is 3. The first-order valence-corrected chi connectivity index (χ1v) is 10.6. The van der Waals surface area contributed by atoms with Crippen molar-refractivity contribution in [3.63, 3.8) is 0 Å². The number of anilines is 1. The van der Waals surface area contributed by atoms with Crippen molar-refractivity contribution in [2.75, 3.05) is 11.4 Å². The van der Waals surface area contributed by atoms with E-state index in [0.717, 1.165) is 28.7 Å². The summed E-state index contributed by atoms with van der Waals surface area (Å²) < 4.78 is 5.97. The number of carbonyl (C=O) groups excluding carboxylic acids is 3. The zero-order chi connectivity index (χ0) is 25.1. The molecule has 12 nitrogen and oxygen atoms in total. The van der Waals surface area contributed by atoms with Crippen LogP contribution in [0.3, 0.4) is 0 Å². The van der Waals surface area contributed by atoms with Crippen LogP contribution in [0, 0.1) is 39.0 Å². The van der Waals surface area contributed by atoms with Crippen molar-refractivity contribution in [2.45, 2.75) is 18.6 Å². The van der Waals surface area contributed by atoms with Crippen LogP contribution in [0.15, 0.2) is 54.6 Å². The van der Waals surface area contributed by atoms with Crippen LogP contribution in [0.25, 0.3) is 0 Å². The molecule has 0 radical (unpaired) electrons. The minimum absolute atomic E-state index is 0.211. The fourth-order valence-electron chi connectivity index (χ4n) is 4.91. The first kappa shape index (κ1) is 22.3. The summed E-state index contributed by atoms with van der Waals surface area (Å²) in [5, 5.41) is 24.8. The molecular formula is C23H18N4O8. The van der Waals surface area contributed by atoms with Gasteiger partial charge in [0.25, 0.3) is 17.3 Å². The normalized spacial score (nSPS) is 26.2. The molecule has 1 N–H and O–H groups in total. The van der Waals surface area contributed by atoms with Gasteiger partial charge in [-0.05, 0) is 19.1 Å². The van der Waals surface area contributed by atoms with Gasteiger partial charge >= 0.3 is 0 Å². The van der Waals surface area contributed by atoms with Crippen molar-refractivity contribution < 1.29 is 29.0 Å². The van der Waals surface area contributed by atoms with Crippen LogP contribution < -0.4 is 10.2 Å². The first-order valence-electron chi connectivity index (χ1n) is 10.6. The van der Waals surface area contributed by atoms with Crippen molar-refractivity contribution in [1.29, 1.82) is 0 Å². The molecule has 3 amide bonds. The van der Waals surface area contributed by atoms with Gasteiger partial charge in [-0.15, -0.1) is 0 Å². The molecule has 2 aromatic carbocycles. The molecule has 3 aliphatic heterocycles. The summed E-state index contributed by atoms with van der Waals surface area (Å²) in [5.74, 6) is -3.27. The average Bonchev–Trinajstić information content (AvgIpc) is 3.48. The van der Waals surface area contributed by atoms with Crippen LogP contribution in [-0.4, -0.2) is 45.8 Å². The maximum atomic E-state index is 13.4. The van der Waals surface area contributed by atoms with Crippen molar-refractivity contribution in [2.24, 2.45) is 11.8 Å². The van der Waals surface area contributed by atoms with Gasteiger partial charge in [-0.25, -0.2) is 4.90 Å². The lowest BCUT2D eigenvalue weighted by atomic mass is 9.77. The predicted molar refractivity (Wildman–Crippen MR) is 119 cm³/mol. The molecule has 178 valence electrons. The summed E-state index contributed by atoms with van der Waals surface area (Å²) in [7, 11) is 0. The Morgan fingerprint density at radius 3 is 2.29 bits per heavy atom. The standard InChI is InChI=1S/C23H18N4O8/c1-12-2-4-14(5-3-12)25-21(29)18-17-6-7-23(35-17,19(18)22(25)30)11-24-20(28)13-8-15(26(31)32)10-16(9-13)27(33)34/h2-10,17-19H,11H2,1H3,(H,24,28). The number of imide groups is 1. The topological polar surface area (TPSA) is 162 Å². The highest BCUT2D eigenvalue weighted by Crippen LogP contribution is 2.52. The second-order valence-electron chi connectivity index (χ2n) is 8.68. The highest BCUT2D eigenvalue weighted by atomic mass is 16.6. The maximum absolute atomic E-state index is 13.4. The van der Waals surface area contributed by atoms with Crippen LogP contribution in [-0.2, 0) is 14.3 Å². The van der Waals surface area contributed by atoms with E-state index in [1.54, 1.807) is 36.4 Å². The molecule has 0 saturated carbocycles. The van der Waals surface area contributed by atoms with E-state index in [0.29, 0.717) is 5.69 Å². The summed E-state index contributed by atoms with van der Waals surface area (Å²) in [4.78, 5) is 61.0. The zero-order valence-electron chi connectivity index (χ0n) is 18.2. The summed E-state index contributed by atoms with van der Waals surface area (Å²) in [6, 6.07) is 9.57. The molecule has 0 spiro atoms. The quantitative estimate of drug-likeness (QED) is 0.285. The van der Waals surface area contributed by atoms with Crippen molar-refractivity contribution in [1.82, 2.24) is 5.32 Å². The number of aryl methyl sites for hydroxylation is 1. The molecule has 35 heavy (non-hydrogen) atoms. The molecule has 5 rings (SSSR count). The number of fused-ring (bicyclic) bond motifs is 5. The van der Waals surface area contributed by atoms with E-state index in [4.69, 9.17) is 4.74 Å². The average molecular weight is 478 g/mol. The van der Waals surface area contributed by atoms with Crippen molar-refractivity contribution in [3.8, 4) is 0 Å². The fraction of sp³-hybridized carbons (Fsp3) is 0.261. The van der Waals surface area contributed by atoms with Gasteiger partial charge in [0, 0.05) is 12.1 Å². The number of nitrogens with one attached hydrogen (secondary N) is 1. The van der Waals surface area contributed by atoms with Gasteiger partial charge in [-0.1, -0.05) is 29.8 Å². The third-order valence-corrected chi connectivity index (χ3v) is 6.56. The Bertz CT molecular complexity index is 1310. The number of non-ortho nitro benzene ring substituents is 2. The number of nitro benzene ring substituents is 2. The Labute approximate surface area is 197 Å². The second kappa shape index (κ2) is 7.81. The van der Waals surface area contributed by atoms with Gasteiger partial charge < -0.3 is 10.1 Å². The Balaban J connectivity index is 1.39. The number of hydrogen-bond donors (Lipinski definition) is 1. The number of hydrogen-bond acceptors (Lipinski definition) is 8. The smallest absolute Gasteiger partial charge is 0.277 e. The fourth-order valence-corrected chi connectivity index (χ4v) is 4.91. The monoisotopic (exact) mass is 478 g/mol. The summed E-state index contributed by atoms with van der Waals surface area (Å²) in [5.41, 5.74) is -1.37. The van der Waals surface area contributed by atoms with Crippen LogP contribution >= 0.6 is 0 Å². The Kier molecular flexibility index (Phi) is 4.98. The molecule has 2 saturated heterocycles.